The molecule has 0 aliphatic carbocycles. The van der Waals surface area contributed by atoms with Gasteiger partial charge in [-0.2, -0.15) is 0 Å². The molecule has 0 saturated carbocycles. The molecule has 0 radical (unpaired) electrons. The smallest absolute Gasteiger partial charge is 0.237 e. The van der Waals surface area contributed by atoms with Crippen molar-refractivity contribution in [1.29, 1.82) is 0 Å². The second-order valence-corrected chi connectivity index (χ2v) is 5.67. The molecular weight excluding hydrogens is 266 g/mol. The quantitative estimate of drug-likeness (QED) is 0.748. The van der Waals surface area contributed by atoms with Gasteiger partial charge in [0, 0.05) is 25.6 Å². The van der Waals surface area contributed by atoms with Crippen molar-refractivity contribution in [3.05, 3.63) is 35.4 Å². The van der Waals surface area contributed by atoms with E-state index in [9.17, 15) is 9.59 Å². The Bertz CT molecular complexity index is 514. The number of fused-ring (bicyclic) bond motifs is 1. The summed E-state index contributed by atoms with van der Waals surface area (Å²) < 4.78 is 0. The van der Waals surface area contributed by atoms with Gasteiger partial charge in [0.2, 0.25) is 11.8 Å². The van der Waals surface area contributed by atoms with Crippen molar-refractivity contribution in [3.8, 4) is 0 Å². The normalized spacial score (nSPS) is 17.2. The fourth-order valence-electron chi connectivity index (χ4n) is 2.46. The van der Waals surface area contributed by atoms with Crippen molar-refractivity contribution in [2.75, 3.05) is 6.54 Å². The van der Waals surface area contributed by atoms with Crippen molar-refractivity contribution in [1.82, 2.24) is 16.0 Å². The highest BCUT2D eigenvalue weighted by molar-refractivity contribution is 5.83. The number of nitrogens with one attached hydrogen (secondary N) is 3. The van der Waals surface area contributed by atoms with Gasteiger partial charge in [0.05, 0.1) is 6.04 Å². The minimum absolute atomic E-state index is 0.0350. The van der Waals surface area contributed by atoms with Gasteiger partial charge in [0.25, 0.3) is 0 Å². The summed E-state index contributed by atoms with van der Waals surface area (Å²) in [7, 11) is 0. The molecule has 1 atom stereocenters. The average molecular weight is 289 g/mol. The summed E-state index contributed by atoms with van der Waals surface area (Å²) in [6.45, 7) is 4.92. The maximum atomic E-state index is 12.1. The molecule has 3 N–H and O–H groups in total. The van der Waals surface area contributed by atoms with E-state index < -0.39 is 0 Å². The van der Waals surface area contributed by atoms with Gasteiger partial charge in [0.15, 0.2) is 0 Å². The minimum Gasteiger partial charge on any atom is -0.354 e. The molecular formula is C16H23N3O2. The lowest BCUT2D eigenvalue weighted by molar-refractivity contribution is -0.124. The van der Waals surface area contributed by atoms with Crippen LogP contribution in [-0.2, 0) is 22.6 Å². The van der Waals surface area contributed by atoms with Gasteiger partial charge in [-0.1, -0.05) is 24.3 Å². The average Bonchev–Trinajstić information content (AvgIpc) is 2.45. The molecule has 0 spiro atoms. The molecule has 0 fully saturated rings. The summed E-state index contributed by atoms with van der Waals surface area (Å²) in [5.74, 6) is -0.0749. The van der Waals surface area contributed by atoms with E-state index in [0.717, 1.165) is 0 Å². The van der Waals surface area contributed by atoms with E-state index in [1.54, 1.807) is 0 Å². The zero-order valence-corrected chi connectivity index (χ0v) is 12.6. The predicted octanol–water partition coefficient (Wildman–Crippen LogP) is 0.732. The van der Waals surface area contributed by atoms with Crippen molar-refractivity contribution < 1.29 is 9.59 Å². The molecule has 0 bridgehead atoms. The van der Waals surface area contributed by atoms with Crippen LogP contribution in [0.4, 0.5) is 0 Å². The van der Waals surface area contributed by atoms with Gasteiger partial charge in [-0.3, -0.25) is 9.59 Å². The summed E-state index contributed by atoms with van der Waals surface area (Å²) in [5, 5.41) is 8.86. The summed E-state index contributed by atoms with van der Waals surface area (Å²) in [5.41, 5.74) is 2.46. The first kappa shape index (κ1) is 15.5. The standard InChI is InChI=1S/C16H23N3O2/c1-11(2)19-15(20)7-8-17-16(21)14-9-12-5-3-4-6-13(12)10-18-14/h3-6,11,14,18H,7-10H2,1-2H3,(H,17,21)(H,19,20)/t14-/m1/s1. The zero-order chi connectivity index (χ0) is 15.2. The summed E-state index contributed by atoms with van der Waals surface area (Å²) >= 11 is 0. The maximum Gasteiger partial charge on any atom is 0.237 e. The molecule has 5 nitrogen and oxygen atoms in total. The lowest BCUT2D eigenvalue weighted by Gasteiger charge is -2.25. The van der Waals surface area contributed by atoms with Crippen LogP contribution in [0.1, 0.15) is 31.4 Å². The Morgan fingerprint density at radius 3 is 2.71 bits per heavy atom. The van der Waals surface area contributed by atoms with Gasteiger partial charge in [-0.05, 0) is 31.4 Å². The van der Waals surface area contributed by atoms with Crippen LogP contribution in [0.15, 0.2) is 24.3 Å². The van der Waals surface area contributed by atoms with Crippen LogP contribution in [-0.4, -0.2) is 30.4 Å². The van der Waals surface area contributed by atoms with Gasteiger partial charge in [0.1, 0.15) is 0 Å². The number of amides is 2. The largest absolute Gasteiger partial charge is 0.354 e. The Labute approximate surface area is 125 Å². The zero-order valence-electron chi connectivity index (χ0n) is 12.6. The molecule has 1 aromatic rings. The molecule has 5 heteroatoms. The second-order valence-electron chi connectivity index (χ2n) is 5.67. The molecule has 1 aliphatic heterocycles. The Hall–Kier alpha value is -1.88. The van der Waals surface area contributed by atoms with Gasteiger partial charge in [-0.25, -0.2) is 0 Å². The van der Waals surface area contributed by atoms with Crippen LogP contribution in [0.2, 0.25) is 0 Å². The monoisotopic (exact) mass is 289 g/mol. The number of hydrogen-bond acceptors (Lipinski definition) is 3. The SMILES string of the molecule is CC(C)NC(=O)CCNC(=O)[C@H]1Cc2ccccc2CN1. The highest BCUT2D eigenvalue weighted by atomic mass is 16.2. The van der Waals surface area contributed by atoms with Crippen molar-refractivity contribution >= 4 is 11.8 Å². The fraction of sp³-hybridized carbons (Fsp3) is 0.500. The molecule has 0 aromatic heterocycles. The number of rotatable bonds is 5. The number of benzene rings is 1. The topological polar surface area (TPSA) is 70.2 Å². The van der Waals surface area contributed by atoms with Crippen LogP contribution in [0.5, 0.6) is 0 Å². The lowest BCUT2D eigenvalue weighted by atomic mass is 9.95. The summed E-state index contributed by atoms with van der Waals surface area (Å²) in [6.07, 6.45) is 1.01. The number of carbonyl (C=O) groups is 2. The molecule has 0 saturated heterocycles. The van der Waals surface area contributed by atoms with E-state index in [0.29, 0.717) is 25.9 Å². The van der Waals surface area contributed by atoms with E-state index in [-0.39, 0.29) is 23.9 Å². The van der Waals surface area contributed by atoms with E-state index >= 15 is 0 Å². The van der Waals surface area contributed by atoms with Gasteiger partial charge >= 0.3 is 0 Å². The number of hydrogen-bond donors (Lipinski definition) is 3. The van der Waals surface area contributed by atoms with Crippen molar-refractivity contribution in [3.63, 3.8) is 0 Å². The third kappa shape index (κ3) is 4.56. The van der Waals surface area contributed by atoms with E-state index in [1.165, 1.54) is 11.1 Å². The van der Waals surface area contributed by atoms with Crippen LogP contribution in [0, 0.1) is 0 Å². The first-order valence-corrected chi connectivity index (χ1v) is 7.43. The molecule has 2 amide bonds. The van der Waals surface area contributed by atoms with Crippen LogP contribution in [0.25, 0.3) is 0 Å². The van der Waals surface area contributed by atoms with E-state index in [4.69, 9.17) is 0 Å². The fourth-order valence-corrected chi connectivity index (χ4v) is 2.46. The Morgan fingerprint density at radius 2 is 2.00 bits per heavy atom. The molecule has 21 heavy (non-hydrogen) atoms. The summed E-state index contributed by atoms with van der Waals surface area (Å²) in [4.78, 5) is 23.6. The van der Waals surface area contributed by atoms with E-state index in [2.05, 4.69) is 28.1 Å². The second kappa shape index (κ2) is 7.22. The van der Waals surface area contributed by atoms with Crippen molar-refractivity contribution in [2.45, 2.75) is 45.3 Å². The van der Waals surface area contributed by atoms with Crippen LogP contribution < -0.4 is 16.0 Å². The molecule has 1 aromatic carbocycles. The van der Waals surface area contributed by atoms with E-state index in [1.807, 2.05) is 26.0 Å². The highest BCUT2D eigenvalue weighted by Crippen LogP contribution is 2.16. The van der Waals surface area contributed by atoms with Gasteiger partial charge < -0.3 is 16.0 Å². The Balaban J connectivity index is 1.76. The molecule has 1 aliphatic rings. The van der Waals surface area contributed by atoms with Crippen molar-refractivity contribution in [2.24, 2.45) is 0 Å². The third-order valence-corrected chi connectivity index (χ3v) is 3.50. The highest BCUT2D eigenvalue weighted by Gasteiger charge is 2.23. The first-order valence-electron chi connectivity index (χ1n) is 7.43. The molecule has 1 heterocycles. The lowest BCUT2D eigenvalue weighted by Crippen LogP contribution is -2.48. The predicted molar refractivity (Wildman–Crippen MR) is 81.7 cm³/mol. The van der Waals surface area contributed by atoms with Crippen LogP contribution in [0.3, 0.4) is 0 Å². The molecule has 114 valence electrons. The third-order valence-electron chi connectivity index (χ3n) is 3.50. The molecule has 2 rings (SSSR count). The van der Waals surface area contributed by atoms with Gasteiger partial charge in [-0.15, -0.1) is 0 Å². The van der Waals surface area contributed by atoms with Crippen LogP contribution >= 0.6 is 0 Å². The Morgan fingerprint density at radius 1 is 1.29 bits per heavy atom. The molecule has 0 unspecified atom stereocenters. The maximum absolute atomic E-state index is 12.1. The minimum atomic E-state index is -0.215. The first-order chi connectivity index (χ1) is 10.1. The number of carbonyl (C=O) groups excluding carboxylic acids is 2. The summed E-state index contributed by atoms with van der Waals surface area (Å²) in [6, 6.07) is 8.06. The Kier molecular flexibility index (Phi) is 5.33.